The van der Waals surface area contributed by atoms with E-state index in [9.17, 15) is 28.8 Å². The Balaban J connectivity index is 0.000000148. The van der Waals surface area contributed by atoms with Crippen LogP contribution < -0.4 is 0 Å². The highest BCUT2D eigenvalue weighted by Crippen LogP contribution is 2.86. The van der Waals surface area contributed by atoms with E-state index in [2.05, 4.69) is 117 Å². The van der Waals surface area contributed by atoms with Crippen molar-refractivity contribution >= 4 is 116 Å². The number of carbonyl (C=O) groups is 7. The fourth-order valence-corrected chi connectivity index (χ4v) is 17.1. The standard InChI is InChI=1S/C38H32O2.C26H21BrO3.C6H2Br2O2/c1-25-30(26-17-9-5-10-18-26)38(29-23-15-8-16-24-29)36(3)32(28-21-13-7-14-22-28)31(27-19-11-6-12-20-27)35(2,34(36)40)37(38,4)33(25)39;1-24-19(15-10-6-4-7-11-15)20(16-12-8-5-9-13-16)26(3,23(24)30)25(2)18(28)14-17(27)21(29)22(24)25;7-3-1-5(9)4(8)2-6(3)10/h5-24H,1-4H3;4-14,22H,1-3H3;1-2H. The molecular weight excluding hydrogens is 1190 g/mol. The van der Waals surface area contributed by atoms with Crippen LogP contribution in [-0.2, 0) is 39.0 Å². The van der Waals surface area contributed by atoms with E-state index >= 15 is 4.79 Å². The van der Waals surface area contributed by atoms with Gasteiger partial charge in [-0.15, -0.1) is 0 Å². The first-order chi connectivity index (χ1) is 38.1. The molecule has 10 heteroatoms. The number of fused-ring (bicyclic) bond motifs is 10. The number of allylic oxidation sites excluding steroid dienone is 12. The first kappa shape index (κ1) is 54.8. The van der Waals surface area contributed by atoms with Gasteiger partial charge in [0.1, 0.15) is 0 Å². The Hall–Kier alpha value is -7.11. The summed E-state index contributed by atoms with van der Waals surface area (Å²) in [5, 5.41) is 0. The summed E-state index contributed by atoms with van der Waals surface area (Å²) in [7, 11) is 0. The van der Waals surface area contributed by atoms with E-state index in [1.54, 1.807) is 0 Å². The zero-order chi connectivity index (χ0) is 57.1. The van der Waals surface area contributed by atoms with Gasteiger partial charge in [-0.25, -0.2) is 0 Å². The molecule has 7 aliphatic rings. The third-order valence-corrected chi connectivity index (χ3v) is 21.2. The summed E-state index contributed by atoms with van der Waals surface area (Å²) in [6, 6.07) is 60.7. The lowest BCUT2D eigenvalue weighted by molar-refractivity contribution is -0.140. The highest BCUT2D eigenvalue weighted by molar-refractivity contribution is 9.12. The van der Waals surface area contributed by atoms with E-state index < -0.39 is 43.8 Å². The fourth-order valence-electron chi connectivity index (χ4n) is 16.0. The Morgan fingerprint density at radius 1 is 0.375 bits per heavy atom. The molecule has 0 spiro atoms. The number of ketones is 7. The molecule has 0 N–H and O–H groups in total. The van der Waals surface area contributed by atoms with E-state index in [0.717, 1.165) is 66.8 Å². The molecule has 6 aromatic carbocycles. The molecule has 7 nitrogen and oxygen atoms in total. The minimum absolute atomic E-state index is 0.0440. The molecule has 2 saturated carbocycles. The van der Waals surface area contributed by atoms with Gasteiger partial charge in [0.25, 0.3) is 0 Å². The largest absolute Gasteiger partial charge is 0.298 e. The quantitative estimate of drug-likeness (QED) is 0.152. The van der Waals surface area contributed by atoms with Crippen molar-refractivity contribution in [3.05, 3.63) is 253 Å². The number of rotatable bonds is 6. The van der Waals surface area contributed by atoms with Gasteiger partial charge in [-0.3, -0.25) is 33.6 Å². The summed E-state index contributed by atoms with van der Waals surface area (Å²) in [6.45, 7) is 13.8. The molecule has 8 unspecified atom stereocenters. The predicted octanol–water partition coefficient (Wildman–Crippen LogP) is 15.2. The minimum atomic E-state index is -1.13. The molecule has 0 aromatic heterocycles. The first-order valence-corrected chi connectivity index (χ1v) is 28.9. The maximum absolute atomic E-state index is 15.4. The molecule has 4 bridgehead atoms. The van der Waals surface area contributed by atoms with Crippen LogP contribution in [0.15, 0.2) is 219 Å². The number of hydrogen-bond acceptors (Lipinski definition) is 7. The molecule has 398 valence electrons. The lowest BCUT2D eigenvalue weighted by atomic mass is 9.43. The van der Waals surface area contributed by atoms with Gasteiger partial charge in [0.2, 0.25) is 0 Å². The van der Waals surface area contributed by atoms with E-state index in [1.807, 2.05) is 161 Å². The predicted molar refractivity (Wildman–Crippen MR) is 325 cm³/mol. The van der Waals surface area contributed by atoms with Gasteiger partial charge >= 0.3 is 0 Å². The van der Waals surface area contributed by atoms with Crippen LogP contribution in [0.1, 0.15) is 81.8 Å². The smallest absolute Gasteiger partial charge is 0.194 e. The van der Waals surface area contributed by atoms with E-state index in [0.29, 0.717) is 8.96 Å². The molecule has 8 atom stereocenters. The summed E-state index contributed by atoms with van der Waals surface area (Å²) in [6.07, 6.45) is 3.85. The molecule has 7 aliphatic carbocycles. The number of hydrogen-bond donors (Lipinski definition) is 0. The summed E-state index contributed by atoms with van der Waals surface area (Å²) in [5.74, 6) is -1.31. The number of carbonyl (C=O) groups excluding carboxylic acids is 7. The second kappa shape index (κ2) is 19.3. The molecule has 0 radical (unpaired) electrons. The van der Waals surface area contributed by atoms with Crippen LogP contribution in [-0.4, -0.2) is 40.5 Å². The fraction of sp³-hybridized carbons (Fsp3) is 0.214. The van der Waals surface area contributed by atoms with Gasteiger partial charge in [0.15, 0.2) is 40.5 Å². The maximum Gasteiger partial charge on any atom is 0.194 e. The van der Waals surface area contributed by atoms with E-state index in [-0.39, 0.29) is 45.0 Å². The van der Waals surface area contributed by atoms with E-state index in [4.69, 9.17) is 0 Å². The van der Waals surface area contributed by atoms with Gasteiger partial charge in [-0.2, -0.15) is 0 Å². The van der Waals surface area contributed by atoms with Crippen LogP contribution in [0.5, 0.6) is 0 Å². The summed E-state index contributed by atoms with van der Waals surface area (Å²) < 4.78 is 0.871. The minimum Gasteiger partial charge on any atom is -0.298 e. The SMILES string of the molecule is CC12C(=O)C(C)(C(c3ccccc3)=C1c1ccccc1)C1(C)C(=O)C=C(Br)C(=O)C21.CC1=C(c2ccccc2)C2(c3ccccc3)C3(C)C(=O)C(C)(C(c4ccccc4)=C3c3ccccc3)C2(C)C1=O.O=C1C=C(Br)C(=O)C=C1Br. The van der Waals surface area contributed by atoms with Gasteiger partial charge in [0.05, 0.1) is 57.3 Å². The van der Waals surface area contributed by atoms with Crippen molar-refractivity contribution in [1.82, 2.24) is 0 Å². The second-order valence-electron chi connectivity index (χ2n) is 22.7. The third kappa shape index (κ3) is 6.85. The Kier molecular flexibility index (Phi) is 13.2. The van der Waals surface area contributed by atoms with Gasteiger partial charge in [0, 0.05) is 12.2 Å². The van der Waals surface area contributed by atoms with Crippen molar-refractivity contribution in [2.45, 2.75) is 53.9 Å². The Morgan fingerprint density at radius 2 is 0.725 bits per heavy atom. The molecule has 13 rings (SSSR count). The molecule has 6 aromatic rings. The summed E-state index contributed by atoms with van der Waals surface area (Å²) >= 11 is 9.18. The average Bonchev–Trinajstić information content (AvgIpc) is 1.74. The second-order valence-corrected chi connectivity index (χ2v) is 25.3. The molecule has 0 amide bonds. The highest BCUT2D eigenvalue weighted by atomic mass is 79.9. The van der Waals surface area contributed by atoms with Crippen molar-refractivity contribution in [3.63, 3.8) is 0 Å². The van der Waals surface area contributed by atoms with Crippen molar-refractivity contribution in [2.75, 3.05) is 0 Å². The molecule has 2 fully saturated rings. The van der Waals surface area contributed by atoms with Crippen LogP contribution in [0.3, 0.4) is 0 Å². The highest BCUT2D eigenvalue weighted by Gasteiger charge is 2.88. The zero-order valence-corrected chi connectivity index (χ0v) is 49.9. The molecule has 80 heavy (non-hydrogen) atoms. The van der Waals surface area contributed by atoms with Gasteiger partial charge in [-0.05, 0) is 162 Å². The molecule has 0 aliphatic heterocycles. The zero-order valence-electron chi connectivity index (χ0n) is 45.1. The third-order valence-electron chi connectivity index (χ3n) is 19.4. The van der Waals surface area contributed by atoms with Crippen molar-refractivity contribution in [1.29, 1.82) is 0 Å². The number of Topliss-reactive ketones (excluding diaryl/α,β-unsaturated/α-hetero) is 4. The summed E-state index contributed by atoms with van der Waals surface area (Å²) in [4.78, 5) is 92.9. The number of benzene rings is 6. The molecular formula is C70H55Br3O7. The van der Waals surface area contributed by atoms with Crippen LogP contribution in [0.25, 0.3) is 27.9 Å². The van der Waals surface area contributed by atoms with Crippen molar-refractivity contribution < 1.29 is 33.6 Å². The van der Waals surface area contributed by atoms with Crippen LogP contribution >= 0.6 is 47.8 Å². The maximum atomic E-state index is 15.4. The Bertz CT molecular complexity index is 3890. The molecule has 0 heterocycles. The summed E-state index contributed by atoms with van der Waals surface area (Å²) in [5.41, 5.74) is 4.05. The Morgan fingerprint density at radius 3 is 1.14 bits per heavy atom. The topological polar surface area (TPSA) is 119 Å². The average molecular weight is 1250 g/mol. The van der Waals surface area contributed by atoms with Gasteiger partial charge < -0.3 is 0 Å². The Labute approximate surface area is 491 Å². The van der Waals surface area contributed by atoms with Crippen LogP contribution in [0.4, 0.5) is 0 Å². The van der Waals surface area contributed by atoms with Crippen LogP contribution in [0, 0.1) is 38.4 Å². The van der Waals surface area contributed by atoms with Crippen molar-refractivity contribution in [2.24, 2.45) is 38.4 Å². The van der Waals surface area contributed by atoms with Crippen molar-refractivity contribution in [3.8, 4) is 0 Å². The normalized spacial score (nSPS) is 30.9. The molecule has 0 saturated heterocycles. The monoisotopic (exact) mass is 1240 g/mol. The van der Waals surface area contributed by atoms with E-state index in [1.165, 1.54) is 18.2 Å². The van der Waals surface area contributed by atoms with Crippen LogP contribution in [0.2, 0.25) is 0 Å². The lowest BCUT2D eigenvalue weighted by Gasteiger charge is -2.55. The lowest BCUT2D eigenvalue weighted by Crippen LogP contribution is -2.56. The van der Waals surface area contributed by atoms with Gasteiger partial charge in [-0.1, -0.05) is 189 Å². The number of halogens is 3. The first-order valence-electron chi connectivity index (χ1n) is 26.6.